The number of likely N-dealkylation sites (tertiary alicyclic amines) is 1. The molecule has 3 rings (SSSR count). The predicted octanol–water partition coefficient (Wildman–Crippen LogP) is 4.03. The second-order valence-corrected chi connectivity index (χ2v) is 5.69. The molecule has 0 saturated carbocycles. The van der Waals surface area contributed by atoms with Gasteiger partial charge in [-0.1, -0.05) is 12.1 Å². The van der Waals surface area contributed by atoms with Crippen LogP contribution in [-0.4, -0.2) is 23.9 Å². The molecule has 0 radical (unpaired) electrons. The number of amides is 1. The van der Waals surface area contributed by atoms with Gasteiger partial charge >= 0.3 is 0 Å². The van der Waals surface area contributed by atoms with Crippen LogP contribution in [0, 0.1) is 5.82 Å². The highest BCUT2D eigenvalue weighted by molar-refractivity contribution is 5.76. The van der Waals surface area contributed by atoms with E-state index in [0.717, 1.165) is 31.7 Å². The van der Waals surface area contributed by atoms with E-state index in [4.69, 9.17) is 4.42 Å². The third kappa shape index (κ3) is 3.38. The molecule has 2 heterocycles. The molecular formula is C18H20FNO2. The quantitative estimate of drug-likeness (QED) is 0.854. The Morgan fingerprint density at radius 1 is 1.09 bits per heavy atom. The summed E-state index contributed by atoms with van der Waals surface area (Å²) in [5.41, 5.74) is 0.455. The number of carbonyl (C=O) groups is 1. The van der Waals surface area contributed by atoms with Crippen LogP contribution in [-0.2, 0) is 11.2 Å². The number of aryl methyl sites for hydroxylation is 1. The zero-order valence-electron chi connectivity index (χ0n) is 12.6. The molecular weight excluding hydrogens is 281 g/mol. The minimum atomic E-state index is -0.298. The average molecular weight is 301 g/mol. The van der Waals surface area contributed by atoms with Crippen molar-refractivity contribution in [2.75, 3.05) is 13.1 Å². The fourth-order valence-corrected chi connectivity index (χ4v) is 2.85. The van der Waals surface area contributed by atoms with E-state index in [1.165, 1.54) is 12.5 Å². The highest BCUT2D eigenvalue weighted by Crippen LogP contribution is 2.25. The van der Waals surface area contributed by atoms with E-state index >= 15 is 0 Å². The van der Waals surface area contributed by atoms with Gasteiger partial charge < -0.3 is 9.32 Å². The summed E-state index contributed by atoms with van der Waals surface area (Å²) in [6.07, 6.45) is 4.43. The number of furan rings is 1. The van der Waals surface area contributed by atoms with Gasteiger partial charge in [-0.3, -0.25) is 4.79 Å². The van der Waals surface area contributed by atoms with Crippen LogP contribution in [0.25, 0.3) is 11.3 Å². The van der Waals surface area contributed by atoms with Gasteiger partial charge in [0.2, 0.25) is 5.91 Å². The fourth-order valence-electron chi connectivity index (χ4n) is 2.85. The van der Waals surface area contributed by atoms with E-state index in [1.54, 1.807) is 24.3 Å². The Bertz CT molecular complexity index is 644. The van der Waals surface area contributed by atoms with Gasteiger partial charge in [-0.2, -0.15) is 0 Å². The van der Waals surface area contributed by atoms with Crippen molar-refractivity contribution in [3.05, 3.63) is 48.0 Å². The van der Waals surface area contributed by atoms with Crippen molar-refractivity contribution < 1.29 is 13.6 Å². The zero-order valence-corrected chi connectivity index (χ0v) is 12.6. The number of benzene rings is 1. The maximum atomic E-state index is 13.7. The summed E-state index contributed by atoms with van der Waals surface area (Å²) >= 11 is 0. The molecule has 3 nitrogen and oxygen atoms in total. The van der Waals surface area contributed by atoms with E-state index in [9.17, 15) is 9.18 Å². The molecule has 1 aromatic heterocycles. The van der Waals surface area contributed by atoms with Crippen LogP contribution in [0.1, 0.15) is 31.4 Å². The second-order valence-electron chi connectivity index (χ2n) is 5.69. The molecule has 0 atom stereocenters. The molecule has 0 spiro atoms. The smallest absolute Gasteiger partial charge is 0.223 e. The van der Waals surface area contributed by atoms with Crippen molar-refractivity contribution in [1.29, 1.82) is 0 Å². The molecule has 116 valence electrons. The highest BCUT2D eigenvalue weighted by atomic mass is 19.1. The van der Waals surface area contributed by atoms with Gasteiger partial charge in [0.05, 0.1) is 5.56 Å². The predicted molar refractivity (Wildman–Crippen MR) is 82.9 cm³/mol. The number of hydrogen-bond acceptors (Lipinski definition) is 2. The van der Waals surface area contributed by atoms with Gasteiger partial charge in [0.25, 0.3) is 0 Å². The molecule has 0 bridgehead atoms. The molecule has 4 heteroatoms. The molecule has 0 aliphatic carbocycles. The highest BCUT2D eigenvalue weighted by Gasteiger charge is 2.17. The maximum absolute atomic E-state index is 13.7. The molecule has 1 fully saturated rings. The van der Waals surface area contributed by atoms with Crippen LogP contribution < -0.4 is 0 Å². The van der Waals surface area contributed by atoms with Crippen molar-refractivity contribution in [1.82, 2.24) is 4.90 Å². The van der Waals surface area contributed by atoms with Gasteiger partial charge in [-0.25, -0.2) is 4.39 Å². The van der Waals surface area contributed by atoms with Crippen LogP contribution in [0.2, 0.25) is 0 Å². The monoisotopic (exact) mass is 301 g/mol. The summed E-state index contributed by atoms with van der Waals surface area (Å²) in [7, 11) is 0. The van der Waals surface area contributed by atoms with Gasteiger partial charge in [-0.05, 0) is 43.5 Å². The molecule has 2 aromatic rings. The van der Waals surface area contributed by atoms with Crippen LogP contribution in [0.3, 0.4) is 0 Å². The lowest BCUT2D eigenvalue weighted by molar-refractivity contribution is -0.132. The summed E-state index contributed by atoms with van der Waals surface area (Å²) in [6.45, 7) is 1.74. The SMILES string of the molecule is O=C(CCc1ccc(-c2ccccc2F)o1)N1CCCCC1. The Balaban J connectivity index is 1.60. The van der Waals surface area contributed by atoms with E-state index in [2.05, 4.69) is 0 Å². The Kier molecular flexibility index (Phi) is 4.56. The fraction of sp³-hybridized carbons (Fsp3) is 0.389. The lowest BCUT2D eigenvalue weighted by Crippen LogP contribution is -2.35. The van der Waals surface area contributed by atoms with Crippen molar-refractivity contribution in [2.45, 2.75) is 32.1 Å². The Morgan fingerprint density at radius 3 is 2.64 bits per heavy atom. The average Bonchev–Trinajstić information content (AvgIpc) is 3.02. The van der Waals surface area contributed by atoms with E-state index in [0.29, 0.717) is 24.2 Å². The first-order valence-electron chi connectivity index (χ1n) is 7.85. The molecule has 1 aliphatic heterocycles. The molecule has 1 amide bonds. The van der Waals surface area contributed by atoms with E-state index in [1.807, 2.05) is 11.0 Å². The summed E-state index contributed by atoms with van der Waals surface area (Å²) in [5, 5.41) is 0. The normalized spacial score (nSPS) is 15.0. The number of halogens is 1. The van der Waals surface area contributed by atoms with Crippen LogP contribution in [0.5, 0.6) is 0 Å². The number of nitrogens with zero attached hydrogens (tertiary/aromatic N) is 1. The third-order valence-electron chi connectivity index (χ3n) is 4.10. The second kappa shape index (κ2) is 6.77. The first-order chi connectivity index (χ1) is 10.7. The Labute approximate surface area is 129 Å². The lowest BCUT2D eigenvalue weighted by atomic mass is 10.1. The first-order valence-corrected chi connectivity index (χ1v) is 7.85. The van der Waals surface area contributed by atoms with Crippen LogP contribution >= 0.6 is 0 Å². The summed E-state index contributed by atoms with van der Waals surface area (Å²) < 4.78 is 19.4. The lowest BCUT2D eigenvalue weighted by Gasteiger charge is -2.26. The summed E-state index contributed by atoms with van der Waals surface area (Å²) in [5.74, 6) is 1.12. The molecule has 1 aromatic carbocycles. The maximum Gasteiger partial charge on any atom is 0.223 e. The number of piperidine rings is 1. The van der Waals surface area contributed by atoms with Crippen molar-refractivity contribution in [3.8, 4) is 11.3 Å². The summed E-state index contributed by atoms with van der Waals surface area (Å²) in [6, 6.07) is 10.1. The van der Waals surface area contributed by atoms with Gasteiger partial charge in [0.1, 0.15) is 17.3 Å². The minimum absolute atomic E-state index is 0.184. The molecule has 0 N–H and O–H groups in total. The third-order valence-corrected chi connectivity index (χ3v) is 4.10. The standard InChI is InChI=1S/C18H20FNO2/c19-16-7-3-2-6-15(16)17-10-8-14(22-17)9-11-18(21)20-12-4-1-5-13-20/h2-3,6-8,10H,1,4-5,9,11-13H2. The van der Waals surface area contributed by atoms with Crippen LogP contribution in [0.4, 0.5) is 4.39 Å². The Hall–Kier alpha value is -2.10. The largest absolute Gasteiger partial charge is 0.461 e. The van der Waals surface area contributed by atoms with Crippen molar-refractivity contribution >= 4 is 5.91 Å². The molecule has 22 heavy (non-hydrogen) atoms. The number of hydrogen-bond donors (Lipinski definition) is 0. The first kappa shape index (κ1) is 14.8. The van der Waals surface area contributed by atoms with Crippen molar-refractivity contribution in [3.63, 3.8) is 0 Å². The minimum Gasteiger partial charge on any atom is -0.461 e. The Morgan fingerprint density at radius 2 is 1.86 bits per heavy atom. The van der Waals surface area contributed by atoms with E-state index in [-0.39, 0.29) is 11.7 Å². The van der Waals surface area contributed by atoms with Crippen LogP contribution in [0.15, 0.2) is 40.8 Å². The number of carbonyl (C=O) groups excluding carboxylic acids is 1. The van der Waals surface area contributed by atoms with Gasteiger partial charge in [0.15, 0.2) is 0 Å². The van der Waals surface area contributed by atoms with Gasteiger partial charge in [0, 0.05) is 25.9 Å². The number of rotatable bonds is 4. The topological polar surface area (TPSA) is 33.5 Å². The van der Waals surface area contributed by atoms with Crippen molar-refractivity contribution in [2.24, 2.45) is 0 Å². The summed E-state index contributed by atoms with van der Waals surface area (Å²) in [4.78, 5) is 14.1. The molecule has 1 aliphatic rings. The molecule has 0 unspecified atom stereocenters. The molecule has 1 saturated heterocycles. The van der Waals surface area contributed by atoms with E-state index < -0.39 is 0 Å². The van der Waals surface area contributed by atoms with Gasteiger partial charge in [-0.15, -0.1) is 0 Å². The zero-order chi connectivity index (χ0) is 15.4.